The minimum atomic E-state index is -0.0165. The Bertz CT molecular complexity index is 512. The van der Waals surface area contributed by atoms with E-state index in [1.54, 1.807) is 6.07 Å². The molecule has 0 saturated heterocycles. The molecule has 2 rings (SSSR count). The summed E-state index contributed by atoms with van der Waals surface area (Å²) >= 11 is 3.08. The molecular weight excluding hydrogens is 234 g/mol. The van der Waals surface area contributed by atoms with Gasteiger partial charge in [0.2, 0.25) is 5.95 Å². The molecule has 0 radical (unpaired) electrons. The highest BCUT2D eigenvalue weighted by atomic mass is 79.9. The first kappa shape index (κ1) is 6.09. The van der Waals surface area contributed by atoms with Crippen LogP contribution in [0.2, 0.25) is 0 Å². The fourth-order valence-corrected chi connectivity index (χ4v) is 1.07. The van der Waals surface area contributed by atoms with Crippen LogP contribution in [0.1, 0.15) is 2.74 Å². The van der Waals surface area contributed by atoms with Crippen LogP contribution in [0.5, 0.6) is 0 Å². The molecule has 2 aromatic heterocycles. The lowest BCUT2D eigenvalue weighted by Gasteiger charge is -1.98. The molecule has 2 aromatic rings. The maximum atomic E-state index is 7.66. The summed E-state index contributed by atoms with van der Waals surface area (Å²) in [5.74, 6) is 0.469. The molecule has 13 heavy (non-hydrogen) atoms. The van der Waals surface area contributed by atoms with Crippen molar-refractivity contribution < 1.29 is 2.74 Å². The second-order valence-corrected chi connectivity index (χ2v) is 3.02. The lowest BCUT2D eigenvalue weighted by atomic mass is 10.6. The van der Waals surface area contributed by atoms with Crippen molar-refractivity contribution in [3.8, 4) is 5.82 Å². The van der Waals surface area contributed by atoms with Gasteiger partial charge in [-0.05, 0) is 15.9 Å². The van der Waals surface area contributed by atoms with E-state index in [1.165, 1.54) is 10.9 Å². The number of nitrogens with two attached hydrogens (primary N) is 1. The molecule has 2 N–H and O–H groups in total. The van der Waals surface area contributed by atoms with Gasteiger partial charge in [0.25, 0.3) is 0 Å². The van der Waals surface area contributed by atoms with Crippen LogP contribution in [-0.2, 0) is 0 Å². The van der Waals surface area contributed by atoms with Gasteiger partial charge >= 0.3 is 0 Å². The minimum absolute atomic E-state index is 0.0165. The van der Waals surface area contributed by atoms with Crippen LogP contribution in [0, 0.1) is 0 Å². The molecule has 66 valence electrons. The molecule has 0 aromatic carbocycles. The summed E-state index contributed by atoms with van der Waals surface area (Å²) in [5, 5.41) is 3.82. The molecule has 0 bridgehead atoms. The quantitative estimate of drug-likeness (QED) is 0.810. The SMILES string of the molecule is [2H]c1nn(-c2ccnc(N)n2)c([2H])c1Br. The summed E-state index contributed by atoms with van der Waals surface area (Å²) in [4.78, 5) is 7.63. The molecule has 6 heteroatoms. The molecule has 0 unspecified atom stereocenters. The van der Waals surface area contributed by atoms with Gasteiger partial charge in [0.1, 0.15) is 0 Å². The zero-order chi connectivity index (χ0) is 11.0. The van der Waals surface area contributed by atoms with E-state index in [4.69, 9.17) is 8.48 Å². The molecule has 0 spiro atoms. The van der Waals surface area contributed by atoms with Crippen LogP contribution >= 0.6 is 15.9 Å². The zero-order valence-corrected chi connectivity index (χ0v) is 7.98. The van der Waals surface area contributed by atoms with Gasteiger partial charge in [-0.3, -0.25) is 0 Å². The fraction of sp³-hybridized carbons (Fsp3) is 0. The number of aromatic nitrogens is 4. The van der Waals surface area contributed by atoms with Crippen LogP contribution in [0.15, 0.2) is 29.1 Å². The van der Waals surface area contributed by atoms with Gasteiger partial charge in [-0.2, -0.15) is 10.1 Å². The topological polar surface area (TPSA) is 69.6 Å². The summed E-state index contributed by atoms with van der Waals surface area (Å²) < 4.78 is 16.6. The van der Waals surface area contributed by atoms with Crippen molar-refractivity contribution in [3.05, 3.63) is 29.1 Å². The van der Waals surface area contributed by atoms with Crippen molar-refractivity contribution in [2.24, 2.45) is 0 Å². The van der Waals surface area contributed by atoms with Crippen molar-refractivity contribution in [1.29, 1.82) is 0 Å². The van der Waals surface area contributed by atoms with E-state index in [9.17, 15) is 0 Å². The zero-order valence-electron chi connectivity index (χ0n) is 8.40. The van der Waals surface area contributed by atoms with E-state index < -0.39 is 0 Å². The van der Waals surface area contributed by atoms with Crippen molar-refractivity contribution in [1.82, 2.24) is 19.7 Å². The minimum Gasteiger partial charge on any atom is -0.368 e. The lowest BCUT2D eigenvalue weighted by Crippen LogP contribution is -2.01. The molecule has 0 amide bonds. The molecule has 0 fully saturated rings. The Kier molecular flexibility index (Phi) is 1.47. The average molecular weight is 242 g/mol. The first-order valence-electron chi connectivity index (χ1n) is 4.40. The highest BCUT2D eigenvalue weighted by Crippen LogP contribution is 2.10. The number of halogens is 1. The standard InChI is InChI=1S/C7H6BrN5/c8-5-3-11-13(4-5)6-1-2-10-7(9)12-6/h1-4H,(H2,9,10,12)/i3D,4D. The number of hydrogen-bond donors (Lipinski definition) is 1. The summed E-state index contributed by atoms with van der Waals surface area (Å²) in [6.07, 6.45) is 1.51. The van der Waals surface area contributed by atoms with E-state index in [-0.39, 0.29) is 18.3 Å². The van der Waals surface area contributed by atoms with Gasteiger partial charge in [0.05, 0.1) is 13.4 Å². The number of nitrogens with zero attached hydrogens (tertiary/aromatic N) is 4. The van der Waals surface area contributed by atoms with Crippen LogP contribution in [0.25, 0.3) is 5.82 Å². The second-order valence-electron chi connectivity index (χ2n) is 2.22. The Hall–Kier alpha value is -1.43. The molecule has 0 aliphatic carbocycles. The van der Waals surface area contributed by atoms with Gasteiger partial charge in [-0.1, -0.05) is 0 Å². The Morgan fingerprint density at radius 3 is 3.08 bits per heavy atom. The summed E-state index contributed by atoms with van der Waals surface area (Å²) in [7, 11) is 0. The van der Waals surface area contributed by atoms with Crippen LogP contribution < -0.4 is 5.73 Å². The third kappa shape index (κ3) is 1.67. The second kappa shape index (κ2) is 3.14. The van der Waals surface area contributed by atoms with Gasteiger partial charge < -0.3 is 5.73 Å². The van der Waals surface area contributed by atoms with Gasteiger partial charge in [0, 0.05) is 18.4 Å². The Morgan fingerprint density at radius 1 is 1.62 bits per heavy atom. The maximum absolute atomic E-state index is 7.66. The van der Waals surface area contributed by atoms with Crippen LogP contribution in [0.3, 0.4) is 0 Å². The highest BCUT2D eigenvalue weighted by molar-refractivity contribution is 9.10. The van der Waals surface area contributed by atoms with E-state index >= 15 is 0 Å². The molecule has 0 aliphatic rings. The summed E-state index contributed by atoms with van der Waals surface area (Å²) in [6.45, 7) is 0. The number of hydrogen-bond acceptors (Lipinski definition) is 4. The van der Waals surface area contributed by atoms with E-state index in [2.05, 4.69) is 31.0 Å². The molecule has 5 nitrogen and oxygen atoms in total. The average Bonchev–Trinajstić information content (AvgIpc) is 2.46. The maximum Gasteiger partial charge on any atom is 0.221 e. The van der Waals surface area contributed by atoms with E-state index in [0.29, 0.717) is 10.3 Å². The third-order valence-electron chi connectivity index (χ3n) is 1.33. The first-order chi connectivity index (χ1) is 7.09. The number of anilines is 1. The normalized spacial score (nSPS) is 12.4. The lowest BCUT2D eigenvalue weighted by molar-refractivity contribution is 0.842. The third-order valence-corrected chi connectivity index (χ3v) is 1.68. The Labute approximate surface area is 85.6 Å². The van der Waals surface area contributed by atoms with Gasteiger partial charge in [0.15, 0.2) is 5.82 Å². The monoisotopic (exact) mass is 241 g/mol. The Balaban J connectivity index is 2.59. The van der Waals surface area contributed by atoms with Crippen molar-refractivity contribution >= 4 is 21.9 Å². The molecule has 0 atom stereocenters. The smallest absolute Gasteiger partial charge is 0.221 e. The highest BCUT2D eigenvalue weighted by Gasteiger charge is 2.00. The van der Waals surface area contributed by atoms with Crippen LogP contribution in [-0.4, -0.2) is 19.7 Å². The molecular formula is C7H6BrN5. The number of nitrogen functional groups attached to an aromatic ring is 1. The fourth-order valence-electron chi connectivity index (χ4n) is 0.827. The molecule has 0 aliphatic heterocycles. The number of rotatable bonds is 1. The largest absolute Gasteiger partial charge is 0.368 e. The van der Waals surface area contributed by atoms with Gasteiger partial charge in [-0.15, -0.1) is 0 Å². The predicted octanol–water partition coefficient (Wildman–Crippen LogP) is 1.01. The van der Waals surface area contributed by atoms with Crippen molar-refractivity contribution in [3.63, 3.8) is 0 Å². The summed E-state index contributed by atoms with van der Waals surface area (Å²) in [6, 6.07) is 1.56. The molecule has 0 saturated carbocycles. The molecule has 2 heterocycles. The Morgan fingerprint density at radius 2 is 2.46 bits per heavy atom. The van der Waals surface area contributed by atoms with E-state index in [1.807, 2.05) is 0 Å². The van der Waals surface area contributed by atoms with E-state index in [0.717, 1.165) is 0 Å². The first-order valence-corrected chi connectivity index (χ1v) is 4.19. The van der Waals surface area contributed by atoms with Crippen molar-refractivity contribution in [2.75, 3.05) is 5.73 Å². The summed E-state index contributed by atoms with van der Waals surface area (Å²) in [5.41, 5.74) is 5.41. The van der Waals surface area contributed by atoms with Crippen LogP contribution in [0.4, 0.5) is 5.95 Å². The van der Waals surface area contributed by atoms with Gasteiger partial charge in [-0.25, -0.2) is 9.67 Å². The predicted molar refractivity (Wildman–Crippen MR) is 51.3 cm³/mol. The van der Waals surface area contributed by atoms with Crippen molar-refractivity contribution in [2.45, 2.75) is 0 Å².